The molecule has 2 aromatic rings. The van der Waals surface area contributed by atoms with Gasteiger partial charge in [-0.15, -0.1) is 0 Å². The van der Waals surface area contributed by atoms with Gasteiger partial charge in [-0.2, -0.15) is 0 Å². The Bertz CT molecular complexity index is 487. The van der Waals surface area contributed by atoms with Gasteiger partial charge in [-0.3, -0.25) is 0 Å². The van der Waals surface area contributed by atoms with E-state index in [0.29, 0.717) is 16.9 Å². The number of esters is 1. The van der Waals surface area contributed by atoms with Crippen LogP contribution in [0.25, 0.3) is 0 Å². The van der Waals surface area contributed by atoms with Crippen molar-refractivity contribution in [1.29, 1.82) is 0 Å². The molecule has 1 N–H and O–H groups in total. The van der Waals surface area contributed by atoms with E-state index in [4.69, 9.17) is 14.3 Å². The predicted octanol–water partition coefficient (Wildman–Crippen LogP) is 2.13. The lowest BCUT2D eigenvalue weighted by Crippen LogP contribution is -2.05. The van der Waals surface area contributed by atoms with Crippen LogP contribution in [0.3, 0.4) is 0 Å². The van der Waals surface area contributed by atoms with Crippen LogP contribution >= 0.6 is 0 Å². The molecular weight excluding hydrogens is 220 g/mol. The first-order valence-corrected chi connectivity index (χ1v) is 5.19. The predicted molar refractivity (Wildman–Crippen MR) is 60.2 cm³/mol. The van der Waals surface area contributed by atoms with Gasteiger partial charge in [0.2, 0.25) is 0 Å². The zero-order valence-electron chi connectivity index (χ0n) is 9.13. The van der Waals surface area contributed by atoms with Crippen LogP contribution in [0.5, 0.6) is 0 Å². The van der Waals surface area contributed by atoms with Crippen LogP contribution in [0.1, 0.15) is 21.7 Å². The van der Waals surface area contributed by atoms with Gasteiger partial charge in [-0.05, 0) is 18.2 Å². The third-order valence-electron chi connectivity index (χ3n) is 2.35. The van der Waals surface area contributed by atoms with Gasteiger partial charge in [0.25, 0.3) is 0 Å². The summed E-state index contributed by atoms with van der Waals surface area (Å²) < 4.78 is 10.2. The maximum absolute atomic E-state index is 11.6. The van der Waals surface area contributed by atoms with Crippen LogP contribution in [0.15, 0.2) is 47.1 Å². The zero-order valence-corrected chi connectivity index (χ0v) is 9.13. The van der Waals surface area contributed by atoms with Crippen molar-refractivity contribution in [2.45, 2.75) is 13.2 Å². The van der Waals surface area contributed by atoms with E-state index in [1.54, 1.807) is 30.3 Å². The topological polar surface area (TPSA) is 59.7 Å². The lowest BCUT2D eigenvalue weighted by molar-refractivity contribution is 0.0442. The minimum Gasteiger partial charge on any atom is -0.465 e. The first-order chi connectivity index (χ1) is 8.31. The summed E-state index contributed by atoms with van der Waals surface area (Å²) in [5.74, 6) is 0.0580. The Kier molecular flexibility index (Phi) is 3.57. The normalized spacial score (nSPS) is 10.2. The molecule has 0 unspecified atom stereocenters. The summed E-state index contributed by atoms with van der Waals surface area (Å²) >= 11 is 0. The summed E-state index contributed by atoms with van der Waals surface area (Å²) in [6.07, 6.45) is 1.46. The SMILES string of the molecule is O=C(OCc1occc1CO)c1ccccc1. The maximum Gasteiger partial charge on any atom is 0.338 e. The van der Waals surface area contributed by atoms with Crippen molar-refractivity contribution in [3.63, 3.8) is 0 Å². The number of aliphatic hydroxyl groups is 1. The fourth-order valence-corrected chi connectivity index (χ4v) is 1.42. The highest BCUT2D eigenvalue weighted by molar-refractivity contribution is 5.89. The van der Waals surface area contributed by atoms with Crippen molar-refractivity contribution in [1.82, 2.24) is 0 Å². The van der Waals surface area contributed by atoms with E-state index in [1.165, 1.54) is 6.26 Å². The van der Waals surface area contributed by atoms with Crippen LogP contribution < -0.4 is 0 Å². The molecule has 17 heavy (non-hydrogen) atoms. The zero-order chi connectivity index (χ0) is 12.1. The highest BCUT2D eigenvalue weighted by atomic mass is 16.5. The third-order valence-corrected chi connectivity index (χ3v) is 2.35. The van der Waals surface area contributed by atoms with Crippen molar-refractivity contribution in [2.75, 3.05) is 0 Å². The number of furan rings is 1. The molecule has 0 aliphatic heterocycles. The van der Waals surface area contributed by atoms with E-state index in [2.05, 4.69) is 0 Å². The number of carbonyl (C=O) groups is 1. The van der Waals surface area contributed by atoms with Gasteiger partial charge in [0, 0.05) is 5.56 Å². The standard InChI is InChI=1S/C13H12O4/c14-8-11-6-7-16-12(11)9-17-13(15)10-4-2-1-3-5-10/h1-7,14H,8-9H2. The number of ether oxygens (including phenoxy) is 1. The molecule has 1 heterocycles. The molecule has 0 spiro atoms. The number of hydrogen-bond donors (Lipinski definition) is 1. The number of hydrogen-bond acceptors (Lipinski definition) is 4. The molecule has 0 saturated carbocycles. The highest BCUT2D eigenvalue weighted by Gasteiger charge is 2.10. The molecule has 0 bridgehead atoms. The van der Waals surface area contributed by atoms with Gasteiger partial charge in [-0.1, -0.05) is 18.2 Å². The summed E-state index contributed by atoms with van der Waals surface area (Å²) in [5, 5.41) is 8.99. The molecule has 1 aromatic heterocycles. The second-order valence-electron chi connectivity index (χ2n) is 3.47. The van der Waals surface area contributed by atoms with Crippen LogP contribution in [0.4, 0.5) is 0 Å². The fourth-order valence-electron chi connectivity index (χ4n) is 1.42. The first-order valence-electron chi connectivity index (χ1n) is 5.19. The second-order valence-corrected chi connectivity index (χ2v) is 3.47. The first kappa shape index (κ1) is 11.4. The Morgan fingerprint density at radius 3 is 2.71 bits per heavy atom. The molecule has 0 saturated heterocycles. The van der Waals surface area contributed by atoms with Gasteiger partial charge in [0.05, 0.1) is 18.4 Å². The molecule has 0 aliphatic carbocycles. The number of carbonyl (C=O) groups excluding carboxylic acids is 1. The molecular formula is C13H12O4. The van der Waals surface area contributed by atoms with Gasteiger partial charge < -0.3 is 14.3 Å². The summed E-state index contributed by atoms with van der Waals surface area (Å²) in [7, 11) is 0. The van der Waals surface area contributed by atoms with Crippen molar-refractivity contribution in [3.05, 3.63) is 59.5 Å². The Hall–Kier alpha value is -2.07. The second kappa shape index (κ2) is 5.32. The summed E-state index contributed by atoms with van der Waals surface area (Å²) in [5.41, 5.74) is 1.12. The van der Waals surface area contributed by atoms with Crippen LogP contribution in [0.2, 0.25) is 0 Å². The van der Waals surface area contributed by atoms with E-state index in [-0.39, 0.29) is 13.2 Å². The van der Waals surface area contributed by atoms with E-state index in [0.717, 1.165) is 0 Å². The molecule has 0 aliphatic rings. The van der Waals surface area contributed by atoms with Crippen molar-refractivity contribution >= 4 is 5.97 Å². The largest absolute Gasteiger partial charge is 0.465 e. The van der Waals surface area contributed by atoms with Crippen molar-refractivity contribution in [2.24, 2.45) is 0 Å². The third kappa shape index (κ3) is 2.73. The molecule has 0 fully saturated rings. The molecule has 0 atom stereocenters. The summed E-state index contributed by atoms with van der Waals surface area (Å²) in [6.45, 7) is -0.106. The van der Waals surface area contributed by atoms with Gasteiger partial charge in [0.15, 0.2) is 0 Å². The molecule has 2 rings (SSSR count). The molecule has 88 valence electrons. The highest BCUT2D eigenvalue weighted by Crippen LogP contribution is 2.12. The minimum absolute atomic E-state index is 0.0244. The lowest BCUT2D eigenvalue weighted by Gasteiger charge is -2.03. The molecule has 0 radical (unpaired) electrons. The summed E-state index contributed by atoms with van der Waals surface area (Å²) in [4.78, 5) is 11.6. The molecule has 4 heteroatoms. The molecule has 1 aromatic carbocycles. The number of aliphatic hydroxyl groups excluding tert-OH is 1. The van der Waals surface area contributed by atoms with Crippen LogP contribution in [0, 0.1) is 0 Å². The maximum atomic E-state index is 11.6. The van der Waals surface area contributed by atoms with Crippen molar-refractivity contribution < 1.29 is 19.1 Å². The Morgan fingerprint density at radius 2 is 2.00 bits per heavy atom. The van der Waals surface area contributed by atoms with Gasteiger partial charge >= 0.3 is 5.97 Å². The average molecular weight is 232 g/mol. The Labute approximate surface area is 98.4 Å². The minimum atomic E-state index is -0.411. The Morgan fingerprint density at radius 1 is 1.24 bits per heavy atom. The van der Waals surface area contributed by atoms with Gasteiger partial charge in [-0.25, -0.2) is 4.79 Å². The quantitative estimate of drug-likeness (QED) is 0.820. The monoisotopic (exact) mass is 232 g/mol. The lowest BCUT2D eigenvalue weighted by atomic mass is 10.2. The van der Waals surface area contributed by atoms with Crippen molar-refractivity contribution in [3.8, 4) is 0 Å². The Balaban J connectivity index is 1.97. The smallest absolute Gasteiger partial charge is 0.338 e. The van der Waals surface area contributed by atoms with E-state index in [9.17, 15) is 4.79 Å². The summed E-state index contributed by atoms with van der Waals surface area (Å²) in [6, 6.07) is 10.4. The molecule has 4 nitrogen and oxygen atoms in total. The fraction of sp³-hybridized carbons (Fsp3) is 0.154. The van der Waals surface area contributed by atoms with Crippen LogP contribution in [-0.2, 0) is 18.0 Å². The average Bonchev–Trinajstić information content (AvgIpc) is 2.84. The van der Waals surface area contributed by atoms with E-state index >= 15 is 0 Å². The number of benzene rings is 1. The molecule has 0 amide bonds. The number of rotatable bonds is 4. The van der Waals surface area contributed by atoms with Gasteiger partial charge in [0.1, 0.15) is 12.4 Å². The van der Waals surface area contributed by atoms with E-state index in [1.807, 2.05) is 6.07 Å². The van der Waals surface area contributed by atoms with Crippen LogP contribution in [-0.4, -0.2) is 11.1 Å². The van der Waals surface area contributed by atoms with E-state index < -0.39 is 5.97 Å².